The smallest absolute Gasteiger partial charge is 0.263 e. The first kappa shape index (κ1) is 18.5. The number of sulfonamides is 1. The molecule has 0 fully saturated rings. The molecule has 0 amide bonds. The predicted molar refractivity (Wildman–Crippen MR) is 109 cm³/mol. The van der Waals surface area contributed by atoms with Crippen molar-refractivity contribution < 1.29 is 13.5 Å². The lowest BCUT2D eigenvalue weighted by atomic mass is 10.2. The fourth-order valence-corrected chi connectivity index (χ4v) is 3.66. The maximum Gasteiger partial charge on any atom is 0.263 e. The molecule has 0 saturated heterocycles. The van der Waals surface area contributed by atoms with Crippen LogP contribution in [0.3, 0.4) is 0 Å². The van der Waals surface area contributed by atoms with Gasteiger partial charge in [-0.25, -0.2) is 13.4 Å². The lowest BCUT2D eigenvalue weighted by molar-refractivity contribution is 0.480. The molecule has 9 heteroatoms. The van der Waals surface area contributed by atoms with Crippen molar-refractivity contribution in [2.75, 3.05) is 4.72 Å². The number of hydrogen-bond donors (Lipinski definition) is 2. The van der Waals surface area contributed by atoms with E-state index in [-0.39, 0.29) is 16.5 Å². The van der Waals surface area contributed by atoms with Gasteiger partial charge in [-0.3, -0.25) is 9.71 Å². The summed E-state index contributed by atoms with van der Waals surface area (Å²) < 4.78 is 27.3. The van der Waals surface area contributed by atoms with Gasteiger partial charge < -0.3 is 5.11 Å². The van der Waals surface area contributed by atoms with Crippen molar-refractivity contribution in [3.05, 3.63) is 79.1 Å². The Labute approximate surface area is 166 Å². The lowest BCUT2D eigenvalue weighted by Crippen LogP contribution is -2.13. The van der Waals surface area contributed by atoms with Gasteiger partial charge >= 0.3 is 0 Å². The van der Waals surface area contributed by atoms with E-state index in [2.05, 4.69) is 24.9 Å². The summed E-state index contributed by atoms with van der Waals surface area (Å²) in [7, 11) is -3.75. The first-order valence-electron chi connectivity index (χ1n) is 8.55. The van der Waals surface area contributed by atoms with Gasteiger partial charge in [0.05, 0.1) is 16.3 Å². The second-order valence-corrected chi connectivity index (χ2v) is 7.70. The van der Waals surface area contributed by atoms with Gasteiger partial charge in [0, 0.05) is 17.8 Å². The second kappa shape index (κ2) is 7.64. The van der Waals surface area contributed by atoms with E-state index in [9.17, 15) is 13.5 Å². The van der Waals surface area contributed by atoms with Gasteiger partial charge in [-0.2, -0.15) is 5.11 Å². The van der Waals surface area contributed by atoms with Crippen molar-refractivity contribution in [2.45, 2.75) is 4.90 Å². The molecular weight excluding hydrogens is 390 g/mol. The Hall–Kier alpha value is -3.85. The van der Waals surface area contributed by atoms with Crippen LogP contribution >= 0.6 is 0 Å². The zero-order valence-corrected chi connectivity index (χ0v) is 15.8. The molecule has 0 unspecified atom stereocenters. The van der Waals surface area contributed by atoms with Crippen molar-refractivity contribution in [3.8, 4) is 5.75 Å². The molecule has 0 radical (unpaired) electrons. The summed E-state index contributed by atoms with van der Waals surface area (Å²) in [6, 6.07) is 17.6. The summed E-state index contributed by atoms with van der Waals surface area (Å²) in [6.07, 6.45) is 3.09. The molecule has 0 aliphatic heterocycles. The van der Waals surface area contributed by atoms with Crippen LogP contribution in [0.15, 0.2) is 94.2 Å². The van der Waals surface area contributed by atoms with Gasteiger partial charge in [-0.1, -0.05) is 6.07 Å². The highest BCUT2D eigenvalue weighted by atomic mass is 32.2. The summed E-state index contributed by atoms with van der Waals surface area (Å²) >= 11 is 0. The minimum atomic E-state index is -3.75. The largest absolute Gasteiger partial charge is 0.506 e. The van der Waals surface area contributed by atoms with Gasteiger partial charge in [0.2, 0.25) is 0 Å². The molecule has 29 heavy (non-hydrogen) atoms. The number of aromatic hydroxyl groups is 1. The van der Waals surface area contributed by atoms with E-state index in [4.69, 9.17) is 0 Å². The van der Waals surface area contributed by atoms with Crippen LogP contribution in [0.2, 0.25) is 0 Å². The third kappa shape index (κ3) is 4.04. The molecule has 2 heterocycles. The number of hydrogen-bond acceptors (Lipinski definition) is 7. The van der Waals surface area contributed by atoms with E-state index in [0.29, 0.717) is 22.3 Å². The first-order valence-corrected chi connectivity index (χ1v) is 10.0. The zero-order valence-electron chi connectivity index (χ0n) is 15.0. The number of anilines is 1. The molecule has 2 aromatic heterocycles. The van der Waals surface area contributed by atoms with Gasteiger partial charge in [0.25, 0.3) is 10.0 Å². The molecule has 0 aliphatic carbocycles. The Kier molecular flexibility index (Phi) is 4.88. The molecule has 2 N–H and O–H groups in total. The maximum atomic E-state index is 12.4. The normalized spacial score (nSPS) is 11.7. The third-order valence-corrected chi connectivity index (χ3v) is 5.42. The fraction of sp³-hybridized carbons (Fsp3) is 0. The predicted octanol–water partition coefficient (Wildman–Crippen LogP) is 4.55. The number of benzene rings is 2. The standard InChI is InChI=1S/C20H15N5O3S/c26-18-11-10-17(16-4-3-13-22-20(16)18)24-23-14-6-8-15(9-7-14)29(27,28)25-19-5-1-2-12-21-19/h1-13,26H,(H,21,25). The molecule has 0 aliphatic rings. The van der Waals surface area contributed by atoms with Gasteiger partial charge in [-0.05, 0) is 60.7 Å². The van der Waals surface area contributed by atoms with Crippen LogP contribution in [0, 0.1) is 0 Å². The molecular formula is C20H15N5O3S. The highest BCUT2D eigenvalue weighted by Gasteiger charge is 2.14. The van der Waals surface area contributed by atoms with Crippen molar-refractivity contribution in [1.82, 2.24) is 9.97 Å². The van der Waals surface area contributed by atoms with Crippen molar-refractivity contribution >= 4 is 38.1 Å². The van der Waals surface area contributed by atoms with Crippen LogP contribution in [0.25, 0.3) is 10.9 Å². The van der Waals surface area contributed by atoms with E-state index in [1.807, 2.05) is 0 Å². The number of phenolic OH excluding ortho intramolecular Hbond substituents is 1. The molecule has 4 rings (SSSR count). The van der Waals surface area contributed by atoms with Gasteiger partial charge in [-0.15, -0.1) is 5.11 Å². The van der Waals surface area contributed by atoms with Crippen LogP contribution in [0.5, 0.6) is 5.75 Å². The second-order valence-electron chi connectivity index (χ2n) is 6.02. The number of pyridine rings is 2. The maximum absolute atomic E-state index is 12.4. The molecule has 8 nitrogen and oxygen atoms in total. The Morgan fingerprint density at radius 3 is 2.38 bits per heavy atom. The highest BCUT2D eigenvalue weighted by Crippen LogP contribution is 2.32. The van der Waals surface area contributed by atoms with E-state index >= 15 is 0 Å². The Balaban J connectivity index is 1.57. The number of phenols is 1. The molecule has 0 atom stereocenters. The van der Waals surface area contributed by atoms with Crippen LogP contribution in [0.1, 0.15) is 0 Å². The molecule has 144 valence electrons. The van der Waals surface area contributed by atoms with E-state index in [1.165, 1.54) is 24.4 Å². The third-order valence-electron chi connectivity index (χ3n) is 4.05. The van der Waals surface area contributed by atoms with Crippen LogP contribution in [-0.2, 0) is 10.0 Å². The Morgan fingerprint density at radius 2 is 1.62 bits per heavy atom. The monoisotopic (exact) mass is 405 g/mol. The van der Waals surface area contributed by atoms with Crippen LogP contribution < -0.4 is 4.72 Å². The topological polar surface area (TPSA) is 117 Å². The number of fused-ring (bicyclic) bond motifs is 1. The molecule has 0 spiro atoms. The Morgan fingerprint density at radius 1 is 0.828 bits per heavy atom. The highest BCUT2D eigenvalue weighted by molar-refractivity contribution is 7.92. The first-order chi connectivity index (χ1) is 14.0. The molecule has 4 aromatic rings. The van der Waals surface area contributed by atoms with Gasteiger partial charge in [0.15, 0.2) is 0 Å². The zero-order chi connectivity index (χ0) is 20.3. The number of nitrogens with zero attached hydrogens (tertiary/aromatic N) is 4. The van der Waals surface area contributed by atoms with Crippen molar-refractivity contribution in [1.29, 1.82) is 0 Å². The number of nitrogens with one attached hydrogen (secondary N) is 1. The molecule has 0 saturated carbocycles. The quantitative estimate of drug-likeness (QED) is 0.472. The van der Waals surface area contributed by atoms with Crippen LogP contribution in [0.4, 0.5) is 17.2 Å². The van der Waals surface area contributed by atoms with Gasteiger partial charge in [0.1, 0.15) is 17.1 Å². The Bertz CT molecular complexity index is 1290. The molecule has 2 aromatic carbocycles. The summed E-state index contributed by atoms with van der Waals surface area (Å²) in [5.41, 5.74) is 1.46. The lowest BCUT2D eigenvalue weighted by Gasteiger charge is -2.07. The summed E-state index contributed by atoms with van der Waals surface area (Å²) in [6.45, 7) is 0. The van der Waals surface area contributed by atoms with Crippen LogP contribution in [-0.4, -0.2) is 23.5 Å². The average Bonchev–Trinajstić information content (AvgIpc) is 2.74. The summed E-state index contributed by atoms with van der Waals surface area (Å²) in [5, 5.41) is 18.9. The van der Waals surface area contributed by atoms with E-state index < -0.39 is 10.0 Å². The van der Waals surface area contributed by atoms with Crippen molar-refractivity contribution in [3.63, 3.8) is 0 Å². The number of azo groups is 1. The van der Waals surface area contributed by atoms with E-state index in [0.717, 1.165) is 0 Å². The fourth-order valence-electron chi connectivity index (χ4n) is 2.65. The minimum Gasteiger partial charge on any atom is -0.506 e. The minimum absolute atomic E-state index is 0.0644. The summed E-state index contributed by atoms with van der Waals surface area (Å²) in [4.78, 5) is 8.18. The van der Waals surface area contributed by atoms with Crippen molar-refractivity contribution in [2.24, 2.45) is 10.2 Å². The molecule has 0 bridgehead atoms. The number of aromatic nitrogens is 2. The van der Waals surface area contributed by atoms with E-state index in [1.54, 1.807) is 54.7 Å². The SMILES string of the molecule is O=S(=O)(Nc1ccccn1)c1ccc(N=Nc2ccc(O)c3ncccc23)cc1. The summed E-state index contributed by atoms with van der Waals surface area (Å²) in [5.74, 6) is 0.304. The average molecular weight is 405 g/mol. The number of rotatable bonds is 5.